The molecule has 2 aromatic carbocycles. The number of hydrogen-bond donors (Lipinski definition) is 1. The molecule has 0 aromatic heterocycles. The first-order valence-electron chi connectivity index (χ1n) is 6.95. The summed E-state index contributed by atoms with van der Waals surface area (Å²) in [5.74, 6) is 0. The van der Waals surface area contributed by atoms with Gasteiger partial charge in [0.25, 0.3) is 0 Å². The molecule has 0 saturated carbocycles. The van der Waals surface area contributed by atoms with Crippen molar-refractivity contribution in [3.8, 4) is 17.2 Å². The van der Waals surface area contributed by atoms with Crippen LogP contribution in [0.2, 0.25) is 0 Å². The van der Waals surface area contributed by atoms with Crippen molar-refractivity contribution >= 4 is 0 Å². The second-order valence-corrected chi connectivity index (χ2v) is 5.98. The van der Waals surface area contributed by atoms with Crippen LogP contribution in [0.5, 0.6) is 0 Å². The van der Waals surface area contributed by atoms with Gasteiger partial charge in [0, 0.05) is 6.54 Å². The predicted octanol–water partition coefficient (Wildman–Crippen LogP) is 3.90. The summed E-state index contributed by atoms with van der Waals surface area (Å²) in [6.07, 6.45) is 0. The van der Waals surface area contributed by atoms with Crippen molar-refractivity contribution in [3.63, 3.8) is 0 Å². The van der Waals surface area contributed by atoms with E-state index in [0.717, 1.165) is 0 Å². The third-order valence-electron chi connectivity index (χ3n) is 3.88. The molecule has 0 saturated heterocycles. The summed E-state index contributed by atoms with van der Waals surface area (Å²) in [4.78, 5) is 0. The zero-order valence-corrected chi connectivity index (χ0v) is 11.9. The minimum absolute atomic E-state index is 0.190. The second kappa shape index (κ2) is 4.77. The van der Waals surface area contributed by atoms with Gasteiger partial charge in [0.1, 0.15) is 0 Å². The fourth-order valence-corrected chi connectivity index (χ4v) is 2.77. The summed E-state index contributed by atoms with van der Waals surface area (Å²) >= 11 is 0. The van der Waals surface area contributed by atoms with Gasteiger partial charge >= 0.3 is 0 Å². The first kappa shape index (κ1) is 12.9. The summed E-state index contributed by atoms with van der Waals surface area (Å²) in [5, 5.41) is 12.7. The minimum atomic E-state index is -0.355. The Morgan fingerprint density at radius 1 is 1.00 bits per heavy atom. The van der Waals surface area contributed by atoms with Crippen LogP contribution < -0.4 is 5.32 Å². The Bertz CT molecular complexity index is 634. The standard InChI is InChI=1S/C18H18N2/c1-18(2,11-19)12-20-17-15-9-5-3-7-13(15)14-8-4-6-10-16(14)17/h3-10,17,20H,12H2,1-2H3. The molecule has 3 rings (SSSR count). The van der Waals surface area contributed by atoms with E-state index in [9.17, 15) is 0 Å². The molecule has 0 spiro atoms. The van der Waals surface area contributed by atoms with Gasteiger partial charge in [0.15, 0.2) is 0 Å². The molecule has 0 radical (unpaired) electrons. The van der Waals surface area contributed by atoms with Crippen LogP contribution in [0.25, 0.3) is 11.1 Å². The molecule has 0 amide bonds. The molecule has 1 aliphatic carbocycles. The number of nitriles is 1. The fourth-order valence-electron chi connectivity index (χ4n) is 2.77. The molecule has 0 fully saturated rings. The van der Waals surface area contributed by atoms with Gasteiger partial charge in [-0.2, -0.15) is 5.26 Å². The Balaban J connectivity index is 1.98. The minimum Gasteiger partial charge on any atom is -0.305 e. The molecular formula is C18H18N2. The van der Waals surface area contributed by atoms with E-state index in [1.54, 1.807) is 0 Å². The Hall–Kier alpha value is -2.11. The van der Waals surface area contributed by atoms with Crippen LogP contribution in [-0.2, 0) is 0 Å². The highest BCUT2D eigenvalue weighted by molar-refractivity contribution is 5.78. The maximum absolute atomic E-state index is 9.17. The van der Waals surface area contributed by atoms with Gasteiger partial charge < -0.3 is 5.32 Å². The summed E-state index contributed by atoms with van der Waals surface area (Å²) in [6.45, 7) is 4.61. The smallest absolute Gasteiger partial charge is 0.0697 e. The van der Waals surface area contributed by atoms with E-state index in [1.165, 1.54) is 22.3 Å². The summed E-state index contributed by atoms with van der Waals surface area (Å²) in [7, 11) is 0. The van der Waals surface area contributed by atoms with Crippen molar-refractivity contribution in [3.05, 3.63) is 59.7 Å². The van der Waals surface area contributed by atoms with Gasteiger partial charge in [0.05, 0.1) is 17.5 Å². The van der Waals surface area contributed by atoms with Gasteiger partial charge in [-0.15, -0.1) is 0 Å². The molecule has 2 aromatic rings. The van der Waals surface area contributed by atoms with Crippen molar-refractivity contribution in [2.24, 2.45) is 5.41 Å². The van der Waals surface area contributed by atoms with Gasteiger partial charge in [-0.25, -0.2) is 0 Å². The molecule has 100 valence electrons. The third-order valence-corrected chi connectivity index (χ3v) is 3.88. The van der Waals surface area contributed by atoms with Crippen LogP contribution in [0, 0.1) is 16.7 Å². The zero-order valence-electron chi connectivity index (χ0n) is 11.9. The lowest BCUT2D eigenvalue weighted by molar-refractivity contribution is 0.427. The maximum atomic E-state index is 9.17. The Morgan fingerprint density at radius 3 is 2.00 bits per heavy atom. The highest BCUT2D eigenvalue weighted by Crippen LogP contribution is 2.43. The summed E-state index contributed by atoms with van der Waals surface area (Å²) in [6, 6.07) is 19.5. The van der Waals surface area contributed by atoms with E-state index >= 15 is 0 Å². The first-order chi connectivity index (χ1) is 9.62. The number of rotatable bonds is 3. The normalized spacial score (nSPS) is 13.7. The molecular weight excluding hydrogens is 244 g/mol. The van der Waals surface area contributed by atoms with E-state index in [2.05, 4.69) is 59.9 Å². The second-order valence-electron chi connectivity index (χ2n) is 5.98. The summed E-state index contributed by atoms with van der Waals surface area (Å²) in [5.41, 5.74) is 4.86. The molecule has 2 nitrogen and oxygen atoms in total. The first-order valence-corrected chi connectivity index (χ1v) is 6.95. The summed E-state index contributed by atoms with van der Waals surface area (Å²) < 4.78 is 0. The number of fused-ring (bicyclic) bond motifs is 3. The largest absolute Gasteiger partial charge is 0.305 e. The molecule has 0 aliphatic heterocycles. The van der Waals surface area contributed by atoms with Crippen molar-refractivity contribution in [2.45, 2.75) is 19.9 Å². The van der Waals surface area contributed by atoms with E-state index in [0.29, 0.717) is 6.54 Å². The monoisotopic (exact) mass is 262 g/mol. The molecule has 20 heavy (non-hydrogen) atoms. The quantitative estimate of drug-likeness (QED) is 0.910. The van der Waals surface area contributed by atoms with Crippen molar-refractivity contribution < 1.29 is 0 Å². The number of nitrogens with zero attached hydrogens (tertiary/aromatic N) is 1. The molecule has 0 heterocycles. The molecule has 0 atom stereocenters. The lowest BCUT2D eigenvalue weighted by atomic mass is 9.94. The van der Waals surface area contributed by atoms with Crippen molar-refractivity contribution in [1.29, 1.82) is 5.26 Å². The number of nitrogens with one attached hydrogen (secondary N) is 1. The van der Waals surface area contributed by atoms with E-state index < -0.39 is 0 Å². The van der Waals surface area contributed by atoms with Gasteiger partial charge in [-0.1, -0.05) is 48.5 Å². The molecule has 2 heteroatoms. The van der Waals surface area contributed by atoms with Crippen LogP contribution >= 0.6 is 0 Å². The molecule has 1 N–H and O–H groups in total. The zero-order chi connectivity index (χ0) is 14.2. The SMILES string of the molecule is CC(C)(C#N)CNC1c2ccccc2-c2ccccc21. The molecule has 0 unspecified atom stereocenters. The topological polar surface area (TPSA) is 35.8 Å². The van der Waals surface area contributed by atoms with Gasteiger partial charge in [0.2, 0.25) is 0 Å². The van der Waals surface area contributed by atoms with E-state index in [-0.39, 0.29) is 11.5 Å². The highest BCUT2D eigenvalue weighted by atomic mass is 14.9. The van der Waals surface area contributed by atoms with E-state index in [1.807, 2.05) is 13.8 Å². The number of hydrogen-bond acceptors (Lipinski definition) is 2. The molecule has 0 bridgehead atoms. The average molecular weight is 262 g/mol. The Kier molecular flexibility index (Phi) is 3.08. The van der Waals surface area contributed by atoms with Crippen LogP contribution in [0.4, 0.5) is 0 Å². The molecule has 1 aliphatic rings. The number of benzene rings is 2. The fraction of sp³-hybridized carbons (Fsp3) is 0.278. The van der Waals surface area contributed by atoms with Crippen LogP contribution in [0.15, 0.2) is 48.5 Å². The van der Waals surface area contributed by atoms with E-state index in [4.69, 9.17) is 5.26 Å². The lowest BCUT2D eigenvalue weighted by Gasteiger charge is -2.21. The maximum Gasteiger partial charge on any atom is 0.0697 e. The lowest BCUT2D eigenvalue weighted by Crippen LogP contribution is -2.31. The van der Waals surface area contributed by atoms with Crippen LogP contribution in [0.3, 0.4) is 0 Å². The van der Waals surface area contributed by atoms with Crippen LogP contribution in [0.1, 0.15) is 31.0 Å². The van der Waals surface area contributed by atoms with Gasteiger partial charge in [-0.3, -0.25) is 0 Å². The van der Waals surface area contributed by atoms with Crippen LogP contribution in [-0.4, -0.2) is 6.54 Å². The van der Waals surface area contributed by atoms with Crippen molar-refractivity contribution in [1.82, 2.24) is 5.32 Å². The highest BCUT2D eigenvalue weighted by Gasteiger charge is 2.29. The van der Waals surface area contributed by atoms with Gasteiger partial charge in [-0.05, 0) is 36.1 Å². The predicted molar refractivity (Wildman–Crippen MR) is 81.1 cm³/mol. The Labute approximate surface area is 120 Å². The third kappa shape index (κ3) is 2.11. The Morgan fingerprint density at radius 2 is 1.50 bits per heavy atom. The average Bonchev–Trinajstić information content (AvgIpc) is 2.80. The van der Waals surface area contributed by atoms with Crippen molar-refractivity contribution in [2.75, 3.05) is 6.54 Å².